The number of hydrogen-bond acceptors (Lipinski definition) is 6. The Hall–Kier alpha value is -2.94. The molecule has 8 nitrogen and oxygen atoms in total. The molecular formula is C22H27N3O5S. The van der Waals surface area contributed by atoms with E-state index in [-0.39, 0.29) is 6.54 Å². The Morgan fingerprint density at radius 2 is 1.71 bits per heavy atom. The molecule has 1 saturated heterocycles. The highest BCUT2D eigenvalue weighted by Gasteiger charge is 2.19. The van der Waals surface area contributed by atoms with Crippen LogP contribution in [0.15, 0.2) is 42.5 Å². The van der Waals surface area contributed by atoms with Crippen LogP contribution < -0.4 is 24.4 Å². The van der Waals surface area contributed by atoms with Crippen molar-refractivity contribution >= 4 is 27.3 Å². The zero-order valence-electron chi connectivity index (χ0n) is 17.3. The topological polar surface area (TPSA) is 97.0 Å². The Bertz CT molecular complexity index is 1020. The number of amides is 1. The van der Waals surface area contributed by atoms with Gasteiger partial charge in [-0.2, -0.15) is 0 Å². The summed E-state index contributed by atoms with van der Waals surface area (Å²) < 4.78 is 38.4. The maximum atomic E-state index is 12.4. The fourth-order valence-corrected chi connectivity index (χ4v) is 4.81. The van der Waals surface area contributed by atoms with Crippen LogP contribution in [0.5, 0.6) is 11.5 Å². The van der Waals surface area contributed by atoms with E-state index < -0.39 is 21.7 Å². The van der Waals surface area contributed by atoms with Crippen molar-refractivity contribution in [2.24, 2.45) is 0 Å². The third-order valence-electron chi connectivity index (χ3n) is 5.31. The van der Waals surface area contributed by atoms with Crippen LogP contribution in [0.4, 0.5) is 11.4 Å². The van der Waals surface area contributed by atoms with E-state index in [9.17, 15) is 13.2 Å². The van der Waals surface area contributed by atoms with E-state index >= 15 is 0 Å². The van der Waals surface area contributed by atoms with Crippen LogP contribution in [0.2, 0.25) is 0 Å². The SMILES string of the molecule is O=C(CS(=O)(=O)Nc1ccc(N2CCCCC2)cc1)NCc1cccc2c1OCCO2. The summed E-state index contributed by atoms with van der Waals surface area (Å²) in [6.07, 6.45) is 3.60. The van der Waals surface area contributed by atoms with Gasteiger partial charge in [-0.15, -0.1) is 0 Å². The molecule has 2 heterocycles. The molecule has 166 valence electrons. The number of benzene rings is 2. The molecule has 2 N–H and O–H groups in total. The molecule has 0 bridgehead atoms. The standard InChI is InChI=1S/C22H27N3O5S/c26-21(23-15-17-5-4-6-20-22(17)30-14-13-29-20)16-31(27,28)24-18-7-9-19(10-8-18)25-11-2-1-3-12-25/h4-10,24H,1-3,11-16H2,(H,23,26). The van der Waals surface area contributed by atoms with E-state index in [1.165, 1.54) is 19.3 Å². The highest BCUT2D eigenvalue weighted by molar-refractivity contribution is 7.93. The first-order valence-corrected chi connectivity index (χ1v) is 12.2. The molecule has 0 aliphatic carbocycles. The minimum absolute atomic E-state index is 0.158. The fraction of sp³-hybridized carbons (Fsp3) is 0.409. The van der Waals surface area contributed by atoms with Crippen molar-refractivity contribution in [2.75, 3.05) is 41.7 Å². The monoisotopic (exact) mass is 445 g/mol. The molecule has 4 rings (SSSR count). The number of rotatable bonds is 7. The van der Waals surface area contributed by atoms with E-state index in [0.717, 1.165) is 24.3 Å². The largest absolute Gasteiger partial charge is 0.486 e. The Kier molecular flexibility index (Phi) is 6.50. The van der Waals surface area contributed by atoms with Crippen molar-refractivity contribution in [2.45, 2.75) is 25.8 Å². The Morgan fingerprint density at radius 1 is 0.968 bits per heavy atom. The quantitative estimate of drug-likeness (QED) is 0.680. The number of fused-ring (bicyclic) bond motifs is 1. The van der Waals surface area contributed by atoms with Crippen LogP contribution in [0, 0.1) is 0 Å². The van der Waals surface area contributed by atoms with Crippen LogP contribution in [0.25, 0.3) is 0 Å². The Morgan fingerprint density at radius 3 is 2.48 bits per heavy atom. The van der Waals surface area contributed by atoms with Crippen molar-refractivity contribution in [3.8, 4) is 11.5 Å². The second-order valence-corrected chi connectivity index (χ2v) is 9.40. The summed E-state index contributed by atoms with van der Waals surface area (Å²) in [5, 5.41) is 2.64. The first-order chi connectivity index (χ1) is 15.0. The summed E-state index contributed by atoms with van der Waals surface area (Å²) in [5.74, 6) is -0.0383. The second kappa shape index (κ2) is 9.47. The van der Waals surface area contributed by atoms with Crippen LogP contribution in [-0.4, -0.2) is 46.4 Å². The zero-order valence-corrected chi connectivity index (χ0v) is 18.1. The van der Waals surface area contributed by atoms with Crippen LogP contribution in [-0.2, 0) is 21.4 Å². The average Bonchev–Trinajstić information content (AvgIpc) is 2.78. The molecule has 2 aromatic rings. The van der Waals surface area contributed by atoms with E-state index in [0.29, 0.717) is 30.4 Å². The van der Waals surface area contributed by atoms with Gasteiger partial charge in [0.25, 0.3) is 0 Å². The lowest BCUT2D eigenvalue weighted by Gasteiger charge is -2.28. The molecule has 2 aliphatic rings. The van der Waals surface area contributed by atoms with Gasteiger partial charge in [-0.3, -0.25) is 9.52 Å². The first-order valence-electron chi connectivity index (χ1n) is 10.5. The predicted molar refractivity (Wildman–Crippen MR) is 119 cm³/mol. The molecule has 0 aromatic heterocycles. The highest BCUT2D eigenvalue weighted by Crippen LogP contribution is 2.33. The Labute approximate surface area is 182 Å². The normalized spacial score (nSPS) is 15.9. The molecule has 0 spiro atoms. The van der Waals surface area contributed by atoms with Crippen molar-refractivity contribution in [3.63, 3.8) is 0 Å². The summed E-state index contributed by atoms with van der Waals surface area (Å²) >= 11 is 0. The lowest BCUT2D eigenvalue weighted by molar-refractivity contribution is -0.118. The summed E-state index contributed by atoms with van der Waals surface area (Å²) in [4.78, 5) is 14.5. The van der Waals surface area contributed by atoms with Crippen molar-refractivity contribution < 1.29 is 22.7 Å². The van der Waals surface area contributed by atoms with Crippen molar-refractivity contribution in [3.05, 3.63) is 48.0 Å². The number of nitrogens with one attached hydrogen (secondary N) is 2. The number of piperidine rings is 1. The van der Waals surface area contributed by atoms with Gasteiger partial charge < -0.3 is 19.7 Å². The lowest BCUT2D eigenvalue weighted by atomic mass is 10.1. The maximum absolute atomic E-state index is 12.4. The summed E-state index contributed by atoms with van der Waals surface area (Å²) in [5.41, 5.74) is 2.26. The number of ether oxygens (including phenoxy) is 2. The van der Waals surface area contributed by atoms with Gasteiger partial charge in [-0.1, -0.05) is 12.1 Å². The van der Waals surface area contributed by atoms with E-state index in [1.807, 2.05) is 18.2 Å². The predicted octanol–water partition coefficient (Wildman–Crippen LogP) is 2.51. The molecule has 0 radical (unpaired) electrons. The summed E-state index contributed by atoms with van der Waals surface area (Å²) in [6.45, 7) is 3.12. The highest BCUT2D eigenvalue weighted by atomic mass is 32.2. The third-order valence-corrected chi connectivity index (χ3v) is 6.50. The molecule has 2 aromatic carbocycles. The molecule has 31 heavy (non-hydrogen) atoms. The number of sulfonamides is 1. The summed E-state index contributed by atoms with van der Waals surface area (Å²) in [7, 11) is -3.82. The minimum atomic E-state index is -3.82. The zero-order chi connectivity index (χ0) is 21.7. The molecule has 0 saturated carbocycles. The van der Waals surface area contributed by atoms with Gasteiger partial charge in [0.2, 0.25) is 15.9 Å². The first kappa shape index (κ1) is 21.3. The van der Waals surface area contributed by atoms with Gasteiger partial charge in [0.1, 0.15) is 19.0 Å². The van der Waals surface area contributed by atoms with Crippen LogP contribution in [0.3, 0.4) is 0 Å². The molecule has 1 fully saturated rings. The molecular weight excluding hydrogens is 418 g/mol. The van der Waals surface area contributed by atoms with Gasteiger partial charge in [-0.25, -0.2) is 8.42 Å². The van der Waals surface area contributed by atoms with Gasteiger partial charge in [0.15, 0.2) is 11.5 Å². The number of para-hydroxylation sites is 1. The lowest BCUT2D eigenvalue weighted by Crippen LogP contribution is -2.33. The van der Waals surface area contributed by atoms with E-state index in [1.54, 1.807) is 24.3 Å². The minimum Gasteiger partial charge on any atom is -0.486 e. The van der Waals surface area contributed by atoms with Crippen LogP contribution >= 0.6 is 0 Å². The van der Waals surface area contributed by atoms with Crippen molar-refractivity contribution in [1.29, 1.82) is 0 Å². The van der Waals surface area contributed by atoms with Gasteiger partial charge in [0.05, 0.1) is 0 Å². The van der Waals surface area contributed by atoms with Crippen molar-refractivity contribution in [1.82, 2.24) is 5.32 Å². The average molecular weight is 446 g/mol. The third kappa shape index (κ3) is 5.61. The molecule has 9 heteroatoms. The number of anilines is 2. The van der Waals surface area contributed by atoms with E-state index in [4.69, 9.17) is 9.47 Å². The van der Waals surface area contributed by atoms with Crippen LogP contribution in [0.1, 0.15) is 24.8 Å². The maximum Gasteiger partial charge on any atom is 0.241 e. The molecule has 2 aliphatic heterocycles. The second-order valence-electron chi connectivity index (χ2n) is 7.67. The molecule has 0 unspecified atom stereocenters. The number of nitrogens with zero attached hydrogens (tertiary/aromatic N) is 1. The van der Waals surface area contributed by atoms with Gasteiger partial charge in [-0.05, 0) is 49.6 Å². The van der Waals surface area contributed by atoms with Gasteiger partial charge in [0, 0.05) is 36.6 Å². The number of carbonyl (C=O) groups is 1. The molecule has 0 atom stereocenters. The van der Waals surface area contributed by atoms with E-state index in [2.05, 4.69) is 14.9 Å². The fourth-order valence-electron chi connectivity index (χ4n) is 3.80. The summed E-state index contributed by atoms with van der Waals surface area (Å²) in [6, 6.07) is 12.7. The smallest absolute Gasteiger partial charge is 0.241 e. The molecule has 1 amide bonds. The number of hydrogen-bond donors (Lipinski definition) is 2. The number of carbonyl (C=O) groups excluding carboxylic acids is 1. The Balaban J connectivity index is 1.31. The van der Waals surface area contributed by atoms with Gasteiger partial charge >= 0.3 is 0 Å².